The lowest BCUT2D eigenvalue weighted by molar-refractivity contribution is -0.139. The number of nitrogens with zero attached hydrogens (tertiary/aromatic N) is 2. The molecule has 1 fully saturated rings. The lowest BCUT2D eigenvalue weighted by atomic mass is 9.97. The van der Waals surface area contributed by atoms with E-state index < -0.39 is 0 Å². The van der Waals surface area contributed by atoms with Gasteiger partial charge in [0.05, 0.1) is 12.5 Å². The van der Waals surface area contributed by atoms with Gasteiger partial charge in [-0.3, -0.25) is 9.59 Å². The fourth-order valence-corrected chi connectivity index (χ4v) is 3.35. The Morgan fingerprint density at radius 3 is 2.61 bits per heavy atom. The predicted molar refractivity (Wildman–Crippen MR) is 110 cm³/mol. The van der Waals surface area contributed by atoms with E-state index >= 15 is 0 Å². The van der Waals surface area contributed by atoms with Crippen molar-refractivity contribution in [3.8, 4) is 0 Å². The number of piperidine rings is 1. The highest BCUT2D eigenvalue weighted by atomic mass is 16.2. The second-order valence-corrected chi connectivity index (χ2v) is 8.58. The molecule has 0 bridgehead atoms. The van der Waals surface area contributed by atoms with E-state index in [0.717, 1.165) is 24.1 Å². The van der Waals surface area contributed by atoms with E-state index in [1.165, 1.54) is 4.90 Å². The standard InChI is InChI=1S/C21H32N4O3/c1-15-8-6-10-17(12-15)22-20(28)25-11-7-9-16(13-25)19(27)24(5)14-18(26)23-21(2,3)4/h6,8,10,12,16H,7,9,11,13-14H2,1-5H3,(H,22,28)(H,23,26). The molecule has 0 saturated carbocycles. The van der Waals surface area contributed by atoms with Gasteiger partial charge in [0.2, 0.25) is 11.8 Å². The minimum Gasteiger partial charge on any atom is -0.350 e. The van der Waals surface area contributed by atoms with Crippen LogP contribution in [-0.4, -0.2) is 59.9 Å². The van der Waals surface area contributed by atoms with Crippen LogP contribution in [0.1, 0.15) is 39.2 Å². The van der Waals surface area contributed by atoms with Crippen LogP contribution in [0.4, 0.5) is 10.5 Å². The Morgan fingerprint density at radius 2 is 1.96 bits per heavy atom. The average Bonchev–Trinajstić information content (AvgIpc) is 2.59. The van der Waals surface area contributed by atoms with Gasteiger partial charge < -0.3 is 20.4 Å². The highest BCUT2D eigenvalue weighted by Crippen LogP contribution is 2.20. The molecule has 1 aliphatic rings. The van der Waals surface area contributed by atoms with Crippen LogP contribution in [0, 0.1) is 12.8 Å². The largest absolute Gasteiger partial charge is 0.350 e. The van der Waals surface area contributed by atoms with Gasteiger partial charge in [-0.15, -0.1) is 0 Å². The second kappa shape index (κ2) is 9.08. The molecule has 0 aromatic heterocycles. The maximum Gasteiger partial charge on any atom is 0.321 e. The number of urea groups is 1. The topological polar surface area (TPSA) is 81.8 Å². The number of likely N-dealkylation sites (tertiary alicyclic amines) is 1. The molecule has 7 heteroatoms. The van der Waals surface area contributed by atoms with Crippen molar-refractivity contribution in [1.29, 1.82) is 0 Å². The molecule has 154 valence electrons. The highest BCUT2D eigenvalue weighted by molar-refractivity contribution is 5.90. The minimum atomic E-state index is -0.337. The van der Waals surface area contributed by atoms with Crippen molar-refractivity contribution in [2.75, 3.05) is 32.0 Å². The summed E-state index contributed by atoms with van der Waals surface area (Å²) < 4.78 is 0. The number of hydrogen-bond acceptors (Lipinski definition) is 3. The van der Waals surface area contributed by atoms with Gasteiger partial charge >= 0.3 is 6.03 Å². The van der Waals surface area contributed by atoms with Crippen LogP contribution in [0.15, 0.2) is 24.3 Å². The molecule has 2 rings (SSSR count). The first kappa shape index (κ1) is 21.7. The normalized spacial score (nSPS) is 17.0. The number of hydrogen-bond donors (Lipinski definition) is 2. The molecule has 1 saturated heterocycles. The predicted octanol–water partition coefficient (Wildman–Crippen LogP) is 2.61. The maximum atomic E-state index is 12.8. The van der Waals surface area contributed by atoms with Gasteiger partial charge in [-0.05, 0) is 58.2 Å². The molecule has 2 N–H and O–H groups in total. The Morgan fingerprint density at radius 1 is 1.25 bits per heavy atom. The summed E-state index contributed by atoms with van der Waals surface area (Å²) in [6.07, 6.45) is 1.48. The Labute approximate surface area is 167 Å². The second-order valence-electron chi connectivity index (χ2n) is 8.58. The van der Waals surface area contributed by atoms with E-state index in [2.05, 4.69) is 10.6 Å². The van der Waals surface area contributed by atoms with Crippen LogP contribution >= 0.6 is 0 Å². The summed E-state index contributed by atoms with van der Waals surface area (Å²) in [5.41, 5.74) is 1.48. The zero-order valence-electron chi connectivity index (χ0n) is 17.5. The summed E-state index contributed by atoms with van der Waals surface area (Å²) >= 11 is 0. The van der Waals surface area contributed by atoms with Gasteiger partial charge in [-0.2, -0.15) is 0 Å². The van der Waals surface area contributed by atoms with Crippen molar-refractivity contribution in [2.24, 2.45) is 5.92 Å². The number of aryl methyl sites for hydroxylation is 1. The molecule has 1 heterocycles. The monoisotopic (exact) mass is 388 g/mol. The van der Waals surface area contributed by atoms with Crippen molar-refractivity contribution in [3.63, 3.8) is 0 Å². The smallest absolute Gasteiger partial charge is 0.321 e. The lowest BCUT2D eigenvalue weighted by Gasteiger charge is -2.34. The molecule has 1 aromatic carbocycles. The van der Waals surface area contributed by atoms with Gasteiger partial charge in [0.15, 0.2) is 0 Å². The molecule has 4 amide bonds. The third kappa shape index (κ3) is 6.55. The number of likely N-dealkylation sites (N-methyl/N-ethyl adjacent to an activating group) is 1. The number of carbonyl (C=O) groups excluding carboxylic acids is 3. The minimum absolute atomic E-state index is 0.0160. The molecule has 1 atom stereocenters. The Bertz CT molecular complexity index is 727. The van der Waals surface area contributed by atoms with Crippen LogP contribution in [0.25, 0.3) is 0 Å². The number of nitrogens with one attached hydrogen (secondary N) is 2. The van der Waals surface area contributed by atoms with Crippen molar-refractivity contribution in [3.05, 3.63) is 29.8 Å². The lowest BCUT2D eigenvalue weighted by Crippen LogP contribution is -2.50. The number of benzene rings is 1. The molecule has 1 aliphatic heterocycles. The van der Waals surface area contributed by atoms with Gasteiger partial charge in [-0.1, -0.05) is 12.1 Å². The highest BCUT2D eigenvalue weighted by Gasteiger charge is 2.31. The number of amides is 4. The third-order valence-corrected chi connectivity index (χ3v) is 4.60. The molecular weight excluding hydrogens is 356 g/mol. The average molecular weight is 389 g/mol. The fourth-order valence-electron chi connectivity index (χ4n) is 3.35. The Balaban J connectivity index is 1.91. The van der Waals surface area contributed by atoms with Gasteiger partial charge in [0.25, 0.3) is 0 Å². The van der Waals surface area contributed by atoms with Gasteiger partial charge in [-0.25, -0.2) is 4.79 Å². The summed E-state index contributed by atoms with van der Waals surface area (Å²) in [6, 6.07) is 7.42. The third-order valence-electron chi connectivity index (χ3n) is 4.60. The fraction of sp³-hybridized carbons (Fsp3) is 0.571. The number of anilines is 1. The van der Waals surface area contributed by atoms with E-state index in [1.54, 1.807) is 11.9 Å². The van der Waals surface area contributed by atoms with Gasteiger partial charge in [0, 0.05) is 31.4 Å². The van der Waals surface area contributed by atoms with Crippen LogP contribution in [0.2, 0.25) is 0 Å². The van der Waals surface area contributed by atoms with Crippen molar-refractivity contribution >= 4 is 23.5 Å². The van der Waals surface area contributed by atoms with Crippen molar-refractivity contribution in [1.82, 2.24) is 15.1 Å². The van der Waals surface area contributed by atoms with Crippen LogP contribution in [0.5, 0.6) is 0 Å². The molecule has 0 aliphatic carbocycles. The van der Waals surface area contributed by atoms with Crippen LogP contribution < -0.4 is 10.6 Å². The summed E-state index contributed by atoms with van der Waals surface area (Å²) in [5, 5.41) is 5.76. The van der Waals surface area contributed by atoms with E-state index in [-0.39, 0.29) is 35.8 Å². The van der Waals surface area contributed by atoms with Crippen molar-refractivity contribution < 1.29 is 14.4 Å². The van der Waals surface area contributed by atoms with Gasteiger partial charge in [0.1, 0.15) is 0 Å². The summed E-state index contributed by atoms with van der Waals surface area (Å²) in [4.78, 5) is 40.5. The quantitative estimate of drug-likeness (QED) is 0.832. The molecular formula is C21H32N4O3. The van der Waals surface area contributed by atoms with E-state index in [0.29, 0.717) is 13.1 Å². The zero-order chi connectivity index (χ0) is 20.9. The molecule has 28 heavy (non-hydrogen) atoms. The Hall–Kier alpha value is -2.57. The molecule has 0 spiro atoms. The molecule has 7 nitrogen and oxygen atoms in total. The summed E-state index contributed by atoms with van der Waals surface area (Å²) in [6.45, 7) is 8.67. The van der Waals surface area contributed by atoms with Crippen LogP contribution in [0.3, 0.4) is 0 Å². The van der Waals surface area contributed by atoms with Crippen molar-refractivity contribution in [2.45, 2.75) is 46.1 Å². The summed E-state index contributed by atoms with van der Waals surface area (Å²) in [7, 11) is 1.64. The first-order valence-corrected chi connectivity index (χ1v) is 9.74. The van der Waals surface area contributed by atoms with Crippen LogP contribution in [-0.2, 0) is 9.59 Å². The molecule has 1 unspecified atom stereocenters. The number of carbonyl (C=O) groups is 3. The zero-order valence-corrected chi connectivity index (χ0v) is 17.5. The molecule has 0 radical (unpaired) electrons. The maximum absolute atomic E-state index is 12.8. The molecule has 1 aromatic rings. The Kier molecular flexibility index (Phi) is 7.05. The first-order valence-electron chi connectivity index (χ1n) is 9.74. The summed E-state index contributed by atoms with van der Waals surface area (Å²) in [5.74, 6) is -0.574. The SMILES string of the molecule is Cc1cccc(NC(=O)N2CCCC(C(=O)N(C)CC(=O)NC(C)(C)C)C2)c1. The van der Waals surface area contributed by atoms with E-state index in [9.17, 15) is 14.4 Å². The van der Waals surface area contributed by atoms with E-state index in [4.69, 9.17) is 0 Å². The first-order chi connectivity index (χ1) is 13.0. The number of rotatable bonds is 4. The van der Waals surface area contributed by atoms with E-state index in [1.807, 2.05) is 52.0 Å².